The van der Waals surface area contributed by atoms with Crippen molar-refractivity contribution in [2.24, 2.45) is 0 Å². The van der Waals surface area contributed by atoms with Crippen molar-refractivity contribution in [2.75, 3.05) is 12.3 Å². The third-order valence-corrected chi connectivity index (χ3v) is 2.54. The van der Waals surface area contributed by atoms with Gasteiger partial charge in [0.25, 0.3) is 5.91 Å². The molecule has 94 valence electrons. The predicted octanol–water partition coefficient (Wildman–Crippen LogP) is 1.54. The van der Waals surface area contributed by atoms with Gasteiger partial charge in [0.2, 0.25) is 0 Å². The number of aromatic nitrogens is 1. The Bertz CT molecular complexity index is 531. The van der Waals surface area contributed by atoms with E-state index in [2.05, 4.69) is 10.5 Å². The quantitative estimate of drug-likeness (QED) is 0.800. The summed E-state index contributed by atoms with van der Waals surface area (Å²) in [6, 6.07) is 9.19. The van der Waals surface area contributed by atoms with Gasteiger partial charge in [0.05, 0.1) is 0 Å². The lowest BCUT2D eigenvalue weighted by molar-refractivity contribution is 0.0945. The Kier molecular flexibility index (Phi) is 3.62. The van der Waals surface area contributed by atoms with Gasteiger partial charge in [-0.25, -0.2) is 0 Å². The molecule has 0 saturated carbocycles. The van der Waals surface area contributed by atoms with Gasteiger partial charge in [-0.15, -0.1) is 0 Å². The number of benzene rings is 1. The molecule has 2 rings (SSSR count). The number of amides is 1. The largest absolute Gasteiger partial charge is 0.399 e. The van der Waals surface area contributed by atoms with E-state index in [1.54, 1.807) is 13.0 Å². The van der Waals surface area contributed by atoms with E-state index < -0.39 is 0 Å². The minimum Gasteiger partial charge on any atom is -0.399 e. The van der Waals surface area contributed by atoms with Crippen LogP contribution in [0.5, 0.6) is 0 Å². The van der Waals surface area contributed by atoms with Crippen LogP contribution in [-0.4, -0.2) is 17.6 Å². The number of nitrogen functional groups attached to an aromatic ring is 1. The van der Waals surface area contributed by atoms with Gasteiger partial charge in [-0.3, -0.25) is 4.79 Å². The highest BCUT2D eigenvalue weighted by Crippen LogP contribution is 2.06. The minimum absolute atomic E-state index is 0.220. The van der Waals surface area contributed by atoms with Crippen LogP contribution in [0, 0.1) is 6.92 Å². The zero-order valence-electron chi connectivity index (χ0n) is 10.1. The standard InChI is InChI=1S/C13H15N3O2/c1-9-8-12(16-18-9)13(17)15-7-6-10-2-4-11(14)5-3-10/h2-5,8H,6-7,14H2,1H3,(H,15,17). The molecule has 18 heavy (non-hydrogen) atoms. The van der Waals surface area contributed by atoms with Crippen molar-refractivity contribution in [3.63, 3.8) is 0 Å². The fourth-order valence-electron chi connectivity index (χ4n) is 1.57. The Balaban J connectivity index is 1.82. The molecule has 0 atom stereocenters. The summed E-state index contributed by atoms with van der Waals surface area (Å²) in [5.41, 5.74) is 7.77. The Hall–Kier alpha value is -2.30. The monoisotopic (exact) mass is 245 g/mol. The van der Waals surface area contributed by atoms with Gasteiger partial charge >= 0.3 is 0 Å². The summed E-state index contributed by atoms with van der Waals surface area (Å²) in [7, 11) is 0. The summed E-state index contributed by atoms with van der Waals surface area (Å²) < 4.78 is 4.84. The van der Waals surface area contributed by atoms with Gasteiger partial charge in [0, 0.05) is 18.3 Å². The van der Waals surface area contributed by atoms with E-state index in [4.69, 9.17) is 10.3 Å². The summed E-state index contributed by atoms with van der Waals surface area (Å²) in [5, 5.41) is 6.43. The van der Waals surface area contributed by atoms with Crippen LogP contribution in [0.1, 0.15) is 21.8 Å². The second-order valence-electron chi connectivity index (χ2n) is 4.07. The fourth-order valence-corrected chi connectivity index (χ4v) is 1.57. The van der Waals surface area contributed by atoms with Crippen molar-refractivity contribution in [3.8, 4) is 0 Å². The number of anilines is 1. The number of nitrogens with one attached hydrogen (secondary N) is 1. The van der Waals surface area contributed by atoms with Crippen molar-refractivity contribution < 1.29 is 9.32 Å². The molecule has 1 aromatic heterocycles. The van der Waals surface area contributed by atoms with Crippen molar-refractivity contribution in [1.82, 2.24) is 10.5 Å². The maximum Gasteiger partial charge on any atom is 0.273 e. The first kappa shape index (κ1) is 12.2. The van der Waals surface area contributed by atoms with E-state index in [1.165, 1.54) is 0 Å². The van der Waals surface area contributed by atoms with Gasteiger partial charge in [-0.2, -0.15) is 0 Å². The van der Waals surface area contributed by atoms with Crippen LogP contribution in [0.2, 0.25) is 0 Å². The number of nitrogens with two attached hydrogens (primary N) is 1. The molecular formula is C13H15N3O2. The highest BCUT2D eigenvalue weighted by molar-refractivity contribution is 5.92. The van der Waals surface area contributed by atoms with Crippen LogP contribution in [0.3, 0.4) is 0 Å². The minimum atomic E-state index is -0.220. The lowest BCUT2D eigenvalue weighted by atomic mass is 10.1. The Morgan fingerprint density at radius 2 is 2.11 bits per heavy atom. The molecule has 0 aliphatic heterocycles. The van der Waals surface area contributed by atoms with E-state index in [-0.39, 0.29) is 5.91 Å². The first-order valence-corrected chi connectivity index (χ1v) is 5.71. The number of carbonyl (C=O) groups is 1. The van der Waals surface area contributed by atoms with Gasteiger partial charge in [0.1, 0.15) is 5.76 Å². The number of hydrogen-bond donors (Lipinski definition) is 2. The first-order chi connectivity index (χ1) is 8.65. The highest BCUT2D eigenvalue weighted by Gasteiger charge is 2.09. The molecule has 0 saturated heterocycles. The number of rotatable bonds is 4. The molecular weight excluding hydrogens is 230 g/mol. The van der Waals surface area contributed by atoms with Crippen LogP contribution in [0.15, 0.2) is 34.9 Å². The van der Waals surface area contributed by atoms with Gasteiger partial charge < -0.3 is 15.6 Å². The highest BCUT2D eigenvalue weighted by atomic mass is 16.5. The maximum atomic E-state index is 11.6. The zero-order valence-corrected chi connectivity index (χ0v) is 10.1. The van der Waals surface area contributed by atoms with Gasteiger partial charge in [0.15, 0.2) is 5.69 Å². The third-order valence-electron chi connectivity index (χ3n) is 2.54. The van der Waals surface area contributed by atoms with Crippen LogP contribution in [0.4, 0.5) is 5.69 Å². The zero-order chi connectivity index (χ0) is 13.0. The topological polar surface area (TPSA) is 81.2 Å². The average molecular weight is 245 g/mol. The molecule has 1 heterocycles. The number of carbonyl (C=O) groups excluding carboxylic acids is 1. The molecule has 0 aliphatic rings. The van der Waals surface area contributed by atoms with E-state index in [0.717, 1.165) is 17.7 Å². The lowest BCUT2D eigenvalue weighted by Gasteiger charge is -2.03. The molecule has 0 radical (unpaired) electrons. The van der Waals surface area contributed by atoms with Crippen molar-refractivity contribution in [2.45, 2.75) is 13.3 Å². The van der Waals surface area contributed by atoms with Crippen LogP contribution >= 0.6 is 0 Å². The number of nitrogens with zero attached hydrogens (tertiary/aromatic N) is 1. The van der Waals surface area contributed by atoms with Gasteiger partial charge in [-0.1, -0.05) is 17.3 Å². The van der Waals surface area contributed by atoms with E-state index in [9.17, 15) is 4.79 Å². The molecule has 5 heteroatoms. The maximum absolute atomic E-state index is 11.6. The smallest absolute Gasteiger partial charge is 0.273 e. The lowest BCUT2D eigenvalue weighted by Crippen LogP contribution is -2.25. The van der Waals surface area contributed by atoms with Gasteiger partial charge in [-0.05, 0) is 31.0 Å². The SMILES string of the molecule is Cc1cc(C(=O)NCCc2ccc(N)cc2)no1. The summed E-state index contributed by atoms with van der Waals surface area (Å²) >= 11 is 0. The molecule has 1 aromatic carbocycles. The van der Waals surface area contributed by atoms with Crippen LogP contribution in [0.25, 0.3) is 0 Å². The summed E-state index contributed by atoms with van der Waals surface area (Å²) in [6.45, 7) is 2.30. The predicted molar refractivity (Wildman–Crippen MR) is 68.1 cm³/mol. The molecule has 0 unspecified atom stereocenters. The second-order valence-corrected chi connectivity index (χ2v) is 4.07. The normalized spacial score (nSPS) is 10.3. The molecule has 3 N–H and O–H groups in total. The molecule has 0 bridgehead atoms. The van der Waals surface area contributed by atoms with E-state index >= 15 is 0 Å². The second kappa shape index (κ2) is 5.35. The van der Waals surface area contributed by atoms with E-state index in [1.807, 2.05) is 24.3 Å². The molecule has 0 fully saturated rings. The summed E-state index contributed by atoms with van der Waals surface area (Å²) in [6.07, 6.45) is 0.753. The molecule has 0 aliphatic carbocycles. The van der Waals surface area contributed by atoms with Crippen LogP contribution < -0.4 is 11.1 Å². The summed E-state index contributed by atoms with van der Waals surface area (Å²) in [5.74, 6) is 0.404. The van der Waals surface area contributed by atoms with Crippen molar-refractivity contribution in [3.05, 3.63) is 47.3 Å². The first-order valence-electron chi connectivity index (χ1n) is 5.71. The molecule has 2 aromatic rings. The number of hydrogen-bond acceptors (Lipinski definition) is 4. The molecule has 5 nitrogen and oxygen atoms in total. The van der Waals surface area contributed by atoms with Crippen molar-refractivity contribution >= 4 is 11.6 Å². The Morgan fingerprint density at radius 3 is 2.72 bits per heavy atom. The number of aryl methyl sites for hydroxylation is 1. The van der Waals surface area contributed by atoms with Crippen LogP contribution in [-0.2, 0) is 6.42 Å². The molecule has 0 spiro atoms. The van der Waals surface area contributed by atoms with E-state index in [0.29, 0.717) is 18.0 Å². The summed E-state index contributed by atoms with van der Waals surface area (Å²) in [4.78, 5) is 11.6. The van der Waals surface area contributed by atoms with Crippen molar-refractivity contribution in [1.29, 1.82) is 0 Å². The average Bonchev–Trinajstić information content (AvgIpc) is 2.78. The Morgan fingerprint density at radius 1 is 1.39 bits per heavy atom. The molecule has 1 amide bonds. The fraction of sp³-hybridized carbons (Fsp3) is 0.231. The Labute approximate surface area is 105 Å². The third kappa shape index (κ3) is 3.10.